The van der Waals surface area contributed by atoms with Crippen LogP contribution in [0.4, 0.5) is 0 Å². The first-order valence-corrected chi connectivity index (χ1v) is 6.11. The molecular formula is C13H19ClN2. The van der Waals surface area contributed by atoms with E-state index >= 15 is 0 Å². The third-order valence-electron chi connectivity index (χ3n) is 3.39. The fourth-order valence-corrected chi connectivity index (χ4v) is 2.67. The van der Waals surface area contributed by atoms with Crippen molar-refractivity contribution in [2.45, 2.75) is 38.4 Å². The SMILES string of the molecule is CC1(C)CC(N)CN1Cc1ccccc1Cl. The van der Waals surface area contributed by atoms with Crippen LogP contribution in [0.15, 0.2) is 24.3 Å². The van der Waals surface area contributed by atoms with Gasteiger partial charge in [-0.25, -0.2) is 0 Å². The molecule has 0 amide bonds. The van der Waals surface area contributed by atoms with E-state index in [1.807, 2.05) is 18.2 Å². The summed E-state index contributed by atoms with van der Waals surface area (Å²) in [4.78, 5) is 2.42. The smallest absolute Gasteiger partial charge is 0.0451 e. The molecule has 0 radical (unpaired) electrons. The Kier molecular flexibility index (Phi) is 3.24. The van der Waals surface area contributed by atoms with Gasteiger partial charge < -0.3 is 5.73 Å². The van der Waals surface area contributed by atoms with Crippen LogP contribution in [0.3, 0.4) is 0 Å². The van der Waals surface area contributed by atoms with Crippen molar-refractivity contribution in [3.05, 3.63) is 34.9 Å². The monoisotopic (exact) mass is 238 g/mol. The predicted octanol–water partition coefficient (Wildman–Crippen LogP) is 2.65. The standard InChI is InChI=1S/C13H19ClN2/c1-13(2)7-11(15)9-16(13)8-10-5-3-4-6-12(10)14/h3-6,11H,7-9,15H2,1-2H3. The molecule has 1 aromatic carbocycles. The maximum Gasteiger partial charge on any atom is 0.0451 e. The molecule has 1 saturated heterocycles. The van der Waals surface area contributed by atoms with E-state index in [1.165, 1.54) is 5.56 Å². The summed E-state index contributed by atoms with van der Waals surface area (Å²) in [7, 11) is 0. The first kappa shape index (κ1) is 11.9. The molecule has 1 aliphatic rings. The van der Waals surface area contributed by atoms with Crippen LogP contribution in [0.25, 0.3) is 0 Å². The van der Waals surface area contributed by atoms with Gasteiger partial charge in [0, 0.05) is 29.7 Å². The Morgan fingerprint density at radius 2 is 2.12 bits per heavy atom. The van der Waals surface area contributed by atoms with Gasteiger partial charge in [0.25, 0.3) is 0 Å². The van der Waals surface area contributed by atoms with Crippen LogP contribution in [0, 0.1) is 0 Å². The Morgan fingerprint density at radius 1 is 1.44 bits per heavy atom. The third kappa shape index (κ3) is 2.40. The number of benzene rings is 1. The summed E-state index contributed by atoms with van der Waals surface area (Å²) in [5.41, 5.74) is 7.38. The molecule has 0 bridgehead atoms. The molecule has 16 heavy (non-hydrogen) atoms. The number of hydrogen-bond donors (Lipinski definition) is 1. The Morgan fingerprint density at radius 3 is 2.69 bits per heavy atom. The fraction of sp³-hybridized carbons (Fsp3) is 0.538. The topological polar surface area (TPSA) is 29.3 Å². The van der Waals surface area contributed by atoms with Crippen LogP contribution in [0.5, 0.6) is 0 Å². The minimum absolute atomic E-state index is 0.179. The van der Waals surface area contributed by atoms with Crippen molar-refractivity contribution in [3.8, 4) is 0 Å². The molecule has 1 atom stereocenters. The summed E-state index contributed by atoms with van der Waals surface area (Å²) in [6, 6.07) is 8.32. The summed E-state index contributed by atoms with van der Waals surface area (Å²) in [5, 5.41) is 0.846. The molecule has 1 aliphatic heterocycles. The van der Waals surface area contributed by atoms with Crippen molar-refractivity contribution in [2.75, 3.05) is 6.54 Å². The molecule has 2 nitrogen and oxygen atoms in total. The fourth-order valence-electron chi connectivity index (χ4n) is 2.48. The van der Waals surface area contributed by atoms with Gasteiger partial charge in [-0.15, -0.1) is 0 Å². The van der Waals surface area contributed by atoms with Gasteiger partial charge in [-0.3, -0.25) is 4.90 Å². The summed E-state index contributed by atoms with van der Waals surface area (Å²) in [5.74, 6) is 0. The Labute approximate surface area is 102 Å². The first-order chi connectivity index (χ1) is 7.49. The van der Waals surface area contributed by atoms with Crippen molar-refractivity contribution in [1.82, 2.24) is 4.90 Å². The zero-order valence-corrected chi connectivity index (χ0v) is 10.7. The highest BCUT2D eigenvalue weighted by Gasteiger charge is 2.36. The lowest BCUT2D eigenvalue weighted by Gasteiger charge is -2.31. The second-order valence-electron chi connectivity index (χ2n) is 5.25. The summed E-state index contributed by atoms with van der Waals surface area (Å²) >= 11 is 6.17. The molecule has 1 aromatic rings. The number of likely N-dealkylation sites (tertiary alicyclic amines) is 1. The number of halogens is 1. The average Bonchev–Trinajstić information content (AvgIpc) is 2.43. The third-order valence-corrected chi connectivity index (χ3v) is 3.76. The molecule has 1 fully saturated rings. The van der Waals surface area contributed by atoms with E-state index in [9.17, 15) is 0 Å². The zero-order chi connectivity index (χ0) is 11.8. The lowest BCUT2D eigenvalue weighted by molar-refractivity contribution is 0.166. The van der Waals surface area contributed by atoms with Gasteiger partial charge in [0.2, 0.25) is 0 Å². The maximum atomic E-state index is 6.17. The zero-order valence-electron chi connectivity index (χ0n) is 9.91. The van der Waals surface area contributed by atoms with Crippen LogP contribution in [-0.2, 0) is 6.54 Å². The van der Waals surface area contributed by atoms with Crippen molar-refractivity contribution < 1.29 is 0 Å². The van der Waals surface area contributed by atoms with Gasteiger partial charge >= 0.3 is 0 Å². The van der Waals surface area contributed by atoms with Crippen LogP contribution >= 0.6 is 11.6 Å². The molecule has 88 valence electrons. The van der Waals surface area contributed by atoms with E-state index in [-0.39, 0.29) is 11.6 Å². The van der Waals surface area contributed by atoms with Crippen molar-refractivity contribution in [3.63, 3.8) is 0 Å². The van der Waals surface area contributed by atoms with Gasteiger partial charge in [-0.1, -0.05) is 29.8 Å². The number of rotatable bonds is 2. The second-order valence-corrected chi connectivity index (χ2v) is 5.66. The Hall–Kier alpha value is -0.570. The molecule has 2 rings (SSSR count). The second kappa shape index (κ2) is 4.36. The molecule has 2 N–H and O–H groups in total. The minimum atomic E-state index is 0.179. The van der Waals surface area contributed by atoms with Crippen LogP contribution in [0.1, 0.15) is 25.8 Å². The van der Waals surface area contributed by atoms with Crippen LogP contribution < -0.4 is 5.73 Å². The molecule has 0 aromatic heterocycles. The van der Waals surface area contributed by atoms with Crippen molar-refractivity contribution in [1.29, 1.82) is 0 Å². The van der Waals surface area contributed by atoms with Crippen molar-refractivity contribution >= 4 is 11.6 Å². The molecule has 1 heterocycles. The highest BCUT2D eigenvalue weighted by Crippen LogP contribution is 2.30. The number of nitrogens with zero attached hydrogens (tertiary/aromatic N) is 1. The van der Waals surface area contributed by atoms with E-state index in [0.717, 1.165) is 24.5 Å². The van der Waals surface area contributed by atoms with E-state index < -0.39 is 0 Å². The summed E-state index contributed by atoms with van der Waals surface area (Å²) in [6.45, 7) is 6.34. The lowest BCUT2D eigenvalue weighted by Crippen LogP contribution is -2.37. The highest BCUT2D eigenvalue weighted by molar-refractivity contribution is 6.31. The maximum absolute atomic E-state index is 6.17. The van der Waals surface area contributed by atoms with E-state index in [0.29, 0.717) is 0 Å². The van der Waals surface area contributed by atoms with E-state index in [1.54, 1.807) is 0 Å². The normalized spacial score (nSPS) is 24.9. The summed E-state index contributed by atoms with van der Waals surface area (Å²) < 4.78 is 0. The molecule has 0 aliphatic carbocycles. The largest absolute Gasteiger partial charge is 0.326 e. The number of hydrogen-bond acceptors (Lipinski definition) is 2. The number of nitrogens with two attached hydrogens (primary N) is 1. The van der Waals surface area contributed by atoms with Gasteiger partial charge in [0.1, 0.15) is 0 Å². The van der Waals surface area contributed by atoms with Crippen LogP contribution in [-0.4, -0.2) is 23.0 Å². The molecule has 0 spiro atoms. The highest BCUT2D eigenvalue weighted by atomic mass is 35.5. The van der Waals surface area contributed by atoms with Gasteiger partial charge in [0.15, 0.2) is 0 Å². The predicted molar refractivity (Wildman–Crippen MR) is 68.5 cm³/mol. The first-order valence-electron chi connectivity index (χ1n) is 5.73. The lowest BCUT2D eigenvalue weighted by atomic mass is 10.00. The minimum Gasteiger partial charge on any atom is -0.326 e. The van der Waals surface area contributed by atoms with Gasteiger partial charge in [0.05, 0.1) is 0 Å². The van der Waals surface area contributed by atoms with Gasteiger partial charge in [-0.05, 0) is 31.9 Å². The summed E-state index contributed by atoms with van der Waals surface area (Å²) in [6.07, 6.45) is 1.05. The van der Waals surface area contributed by atoms with Crippen LogP contribution in [0.2, 0.25) is 5.02 Å². The molecule has 1 unspecified atom stereocenters. The molecular weight excluding hydrogens is 220 g/mol. The van der Waals surface area contributed by atoms with E-state index in [4.69, 9.17) is 17.3 Å². The quantitative estimate of drug-likeness (QED) is 0.859. The average molecular weight is 239 g/mol. The molecule has 0 saturated carbocycles. The molecule has 3 heteroatoms. The van der Waals surface area contributed by atoms with Crippen molar-refractivity contribution in [2.24, 2.45) is 5.73 Å². The Balaban J connectivity index is 2.14. The Bertz CT molecular complexity index is 376. The van der Waals surface area contributed by atoms with Gasteiger partial charge in [-0.2, -0.15) is 0 Å². The van der Waals surface area contributed by atoms with E-state index in [2.05, 4.69) is 24.8 Å².